The molecule has 0 atom stereocenters. The first kappa shape index (κ1) is 18.7. The molecule has 6 aromatic rings. The molecule has 6 rings (SSSR count). The Hall–Kier alpha value is -3.10. The van der Waals surface area contributed by atoms with Gasteiger partial charge in [0.2, 0.25) is 0 Å². The van der Waals surface area contributed by atoms with Gasteiger partial charge in [0, 0.05) is 10.8 Å². The van der Waals surface area contributed by atoms with Gasteiger partial charge in [0.15, 0.2) is 0 Å². The van der Waals surface area contributed by atoms with E-state index in [1.54, 1.807) is 0 Å². The lowest BCUT2D eigenvalue weighted by Crippen LogP contribution is -2.19. The van der Waals surface area contributed by atoms with Crippen LogP contribution < -0.4 is 5.63 Å². The molecule has 0 unspecified atom stereocenters. The van der Waals surface area contributed by atoms with Crippen LogP contribution in [0.3, 0.4) is 0 Å². The summed E-state index contributed by atoms with van der Waals surface area (Å²) < 4.78 is 18.3. The number of aryl methyl sites for hydroxylation is 4. The topological polar surface area (TPSA) is 56.5 Å². The number of hydrogen-bond donors (Lipinski definition) is 0. The van der Waals surface area contributed by atoms with E-state index >= 15 is 0 Å². The summed E-state index contributed by atoms with van der Waals surface area (Å²) in [7, 11) is -2.74. The first-order valence-corrected chi connectivity index (χ1v) is 14.3. The van der Waals surface area contributed by atoms with E-state index in [0.29, 0.717) is 11.0 Å². The summed E-state index contributed by atoms with van der Waals surface area (Å²) in [5.41, 5.74) is 2.54. The third-order valence-electron chi connectivity index (χ3n) is 5.96. The molecule has 0 bridgehead atoms. The lowest BCUT2D eigenvalue weighted by molar-refractivity contribution is 0.555. The van der Waals surface area contributed by atoms with Crippen molar-refractivity contribution in [3.63, 3.8) is 0 Å². The summed E-state index contributed by atoms with van der Waals surface area (Å²) in [6.45, 7) is 8.07. The van der Waals surface area contributed by atoms with Crippen molar-refractivity contribution >= 4 is 47.5 Å². The van der Waals surface area contributed by atoms with E-state index in [0.717, 1.165) is 44.2 Å². The van der Waals surface area contributed by atoms with Crippen molar-refractivity contribution in [1.82, 2.24) is 0 Å². The number of hydrogen-bond acceptors (Lipinski definition) is 4. The predicted molar refractivity (Wildman–Crippen MR) is 127 cm³/mol. The van der Waals surface area contributed by atoms with Gasteiger partial charge in [-0.2, -0.15) is 0 Å². The third kappa shape index (κ3) is 2.68. The van der Waals surface area contributed by atoms with Crippen LogP contribution in [0, 0.1) is 27.7 Å². The van der Waals surface area contributed by atoms with Gasteiger partial charge in [-0.05, 0) is 79.7 Å². The van der Waals surface area contributed by atoms with Crippen LogP contribution in [-0.4, -0.2) is 15.8 Å². The van der Waals surface area contributed by atoms with Gasteiger partial charge >= 0.3 is 5.63 Å². The van der Waals surface area contributed by atoms with Crippen LogP contribution in [0.1, 0.15) is 22.6 Å². The van der Waals surface area contributed by atoms with Crippen molar-refractivity contribution in [2.45, 2.75) is 27.7 Å². The smallest absolute Gasteiger partial charge is 0.344 e. The third-order valence-corrected chi connectivity index (χ3v) is 14.4. The summed E-state index contributed by atoms with van der Waals surface area (Å²) in [6, 6.07) is 16.7. The van der Waals surface area contributed by atoms with Gasteiger partial charge in [-0.25, -0.2) is 4.79 Å². The van der Waals surface area contributed by atoms with Gasteiger partial charge in [-0.3, -0.25) is 0 Å². The highest BCUT2D eigenvalue weighted by Crippen LogP contribution is 2.37. The van der Waals surface area contributed by atoms with E-state index in [1.165, 1.54) is 9.99 Å². The van der Waals surface area contributed by atoms with E-state index in [1.807, 2.05) is 45.0 Å². The van der Waals surface area contributed by atoms with Gasteiger partial charge in [0.25, 0.3) is 0 Å². The minimum absolute atomic E-state index is 0.273. The average molecular weight is 441 g/mol. The Morgan fingerprint density at radius 3 is 1.74 bits per heavy atom. The highest BCUT2D eigenvalue weighted by atomic mass is 29.0. The fraction of sp³-hybridized carbons (Fsp3) is 0.160. The normalized spacial score (nSPS) is 12.0. The molecule has 4 heterocycles. The number of benzene rings is 2. The zero-order valence-electron chi connectivity index (χ0n) is 17.8. The second-order valence-electron chi connectivity index (χ2n) is 8.38. The van der Waals surface area contributed by atoms with Crippen molar-refractivity contribution < 1.29 is 13.3 Å². The Kier molecular flexibility index (Phi) is 3.88. The molecule has 0 aliphatic rings. The largest absolute Gasteiger partial charge is 0.468 e. The van der Waals surface area contributed by atoms with Crippen LogP contribution in [0.25, 0.3) is 42.5 Å². The van der Waals surface area contributed by atoms with Crippen molar-refractivity contribution in [2.75, 3.05) is 0 Å². The van der Waals surface area contributed by atoms with E-state index < -0.39 is 15.8 Å². The summed E-state index contributed by atoms with van der Waals surface area (Å²) in [5, 5.41) is 4.81. The van der Waals surface area contributed by atoms with Crippen molar-refractivity contribution in [3.8, 4) is 10.8 Å². The first-order valence-electron chi connectivity index (χ1n) is 10.3. The highest BCUT2D eigenvalue weighted by Gasteiger charge is 2.27. The standard InChI is InChI=1S/C25H20O4Si2/c1-13-9-17-23-19(11-13)30(21-7-5-15(3)27-21)31(22-8-6-16(4)28-22)20-12-14(2)10-18(24(20)23)29-25(17)26/h5-12H,1-4H3. The van der Waals surface area contributed by atoms with Gasteiger partial charge in [-0.1, -0.05) is 17.7 Å². The summed E-state index contributed by atoms with van der Waals surface area (Å²) in [4.78, 5) is 15.4. The molecule has 4 nitrogen and oxygen atoms in total. The molecule has 0 radical (unpaired) electrons. The molecule has 0 aliphatic carbocycles. The summed E-state index contributed by atoms with van der Waals surface area (Å²) in [6.07, 6.45) is 0. The fourth-order valence-electron chi connectivity index (χ4n) is 4.78. The average Bonchev–Trinajstić information content (AvgIpc) is 3.33. The molecule has 0 saturated carbocycles. The Bertz CT molecular complexity index is 1700. The molecule has 152 valence electrons. The molecule has 0 aliphatic heterocycles. The maximum Gasteiger partial charge on any atom is 0.344 e. The van der Waals surface area contributed by atoms with Crippen LogP contribution in [0.5, 0.6) is 0 Å². The maximum absolute atomic E-state index is 13.0. The zero-order chi connectivity index (χ0) is 21.4. The quantitative estimate of drug-likeness (QED) is 0.189. The molecule has 0 fully saturated rings. The molecule has 2 aromatic carbocycles. The highest BCUT2D eigenvalue weighted by molar-refractivity contribution is 7.20. The molecule has 31 heavy (non-hydrogen) atoms. The SMILES string of the molecule is Cc1cc2oc(=O)c3cc(C)cc4c3c2c(c1)[si](-c1ccc(C)o1)[si]4-c1ccc(C)o1. The van der Waals surface area contributed by atoms with Crippen molar-refractivity contribution in [3.05, 3.63) is 81.6 Å². The molecular formula is C25H20O4Si2. The minimum atomic E-state index is -1.38. The minimum Gasteiger partial charge on any atom is -0.468 e. The molecule has 4 aromatic heterocycles. The molecule has 0 spiro atoms. The Morgan fingerprint density at radius 2 is 1.19 bits per heavy atom. The number of furan rings is 2. The lowest BCUT2D eigenvalue weighted by atomic mass is 10.0. The maximum atomic E-state index is 13.0. The van der Waals surface area contributed by atoms with Crippen LogP contribution >= 0.6 is 0 Å². The van der Waals surface area contributed by atoms with Gasteiger partial charge in [0.1, 0.15) is 43.7 Å². The predicted octanol–water partition coefficient (Wildman–Crippen LogP) is 5.99. The van der Waals surface area contributed by atoms with Crippen molar-refractivity contribution in [2.24, 2.45) is 0 Å². The second kappa shape index (κ2) is 6.45. The molecule has 6 heteroatoms. The Labute approximate surface area is 180 Å². The number of rotatable bonds is 2. The van der Waals surface area contributed by atoms with Crippen LogP contribution in [0.4, 0.5) is 0 Å². The fourth-order valence-corrected chi connectivity index (χ4v) is 14.2. The van der Waals surface area contributed by atoms with E-state index in [2.05, 4.69) is 31.2 Å². The Balaban J connectivity index is 1.99. The van der Waals surface area contributed by atoms with E-state index in [9.17, 15) is 4.79 Å². The summed E-state index contributed by atoms with van der Waals surface area (Å²) in [5.74, 6) is 1.81. The van der Waals surface area contributed by atoms with Crippen LogP contribution in [0.15, 0.2) is 66.6 Å². The second-order valence-corrected chi connectivity index (χ2v) is 14.9. The zero-order valence-corrected chi connectivity index (χ0v) is 19.8. The van der Waals surface area contributed by atoms with Crippen LogP contribution in [-0.2, 0) is 0 Å². The lowest BCUT2D eigenvalue weighted by Gasteiger charge is -2.17. The molecular weight excluding hydrogens is 420 g/mol. The van der Waals surface area contributed by atoms with E-state index in [-0.39, 0.29) is 5.63 Å². The first-order chi connectivity index (χ1) is 14.9. The van der Waals surface area contributed by atoms with Gasteiger partial charge in [-0.15, -0.1) is 0 Å². The molecule has 0 amide bonds. The van der Waals surface area contributed by atoms with E-state index in [4.69, 9.17) is 13.3 Å². The molecule has 0 saturated heterocycles. The van der Waals surface area contributed by atoms with Crippen LogP contribution in [0.2, 0.25) is 0 Å². The summed E-state index contributed by atoms with van der Waals surface area (Å²) >= 11 is 0. The molecule has 0 N–H and O–H groups in total. The van der Waals surface area contributed by atoms with Gasteiger partial charge in [0.05, 0.1) is 5.39 Å². The monoisotopic (exact) mass is 440 g/mol. The Morgan fingerprint density at radius 1 is 0.645 bits per heavy atom. The van der Waals surface area contributed by atoms with Gasteiger partial charge < -0.3 is 13.3 Å². The van der Waals surface area contributed by atoms with Crippen molar-refractivity contribution in [1.29, 1.82) is 0 Å².